The summed E-state index contributed by atoms with van der Waals surface area (Å²) in [4.78, 5) is 31.3. The van der Waals surface area contributed by atoms with E-state index in [2.05, 4.69) is 10.3 Å². The quantitative estimate of drug-likeness (QED) is 0.615. The average Bonchev–Trinajstić information content (AvgIpc) is 2.71. The molecule has 3 aromatic rings. The Morgan fingerprint density at radius 1 is 1.21 bits per heavy atom. The van der Waals surface area contributed by atoms with Gasteiger partial charge in [0.25, 0.3) is 5.56 Å². The first-order chi connectivity index (χ1) is 13.9. The van der Waals surface area contributed by atoms with Gasteiger partial charge in [0.2, 0.25) is 5.91 Å². The van der Waals surface area contributed by atoms with Crippen molar-refractivity contribution in [3.8, 4) is 11.4 Å². The van der Waals surface area contributed by atoms with Gasteiger partial charge in [0.05, 0.1) is 0 Å². The molecular weight excluding hydrogens is 389 g/mol. The molecule has 3 rings (SSSR count). The molecule has 1 amide bonds. The Balaban J connectivity index is 1.99. The van der Waals surface area contributed by atoms with Crippen molar-refractivity contribution < 1.29 is 9.18 Å². The maximum atomic E-state index is 13.3. The normalized spacial score (nSPS) is 10.8. The first-order valence-electron chi connectivity index (χ1n) is 9.23. The van der Waals surface area contributed by atoms with Crippen LogP contribution in [-0.2, 0) is 17.8 Å². The summed E-state index contributed by atoms with van der Waals surface area (Å²) in [6.07, 6.45) is 2.47. The van der Waals surface area contributed by atoms with Gasteiger partial charge in [0, 0.05) is 27.4 Å². The number of amides is 1. The van der Waals surface area contributed by atoms with Crippen LogP contribution in [-0.4, -0.2) is 21.7 Å². The summed E-state index contributed by atoms with van der Waals surface area (Å²) in [5, 5.41) is 2.83. The highest BCUT2D eigenvalue weighted by Crippen LogP contribution is 2.20. The lowest BCUT2D eigenvalue weighted by molar-refractivity contribution is -0.116. The van der Waals surface area contributed by atoms with Gasteiger partial charge in [-0.15, -0.1) is 11.8 Å². The summed E-state index contributed by atoms with van der Waals surface area (Å²) in [6.45, 7) is 3.46. The number of aromatic nitrogens is 2. The summed E-state index contributed by atoms with van der Waals surface area (Å²) >= 11 is 1.58. The third-order valence-electron chi connectivity index (χ3n) is 4.58. The monoisotopic (exact) mass is 411 g/mol. The molecule has 2 aromatic carbocycles. The van der Waals surface area contributed by atoms with Gasteiger partial charge in [-0.3, -0.25) is 14.2 Å². The maximum absolute atomic E-state index is 13.3. The van der Waals surface area contributed by atoms with Gasteiger partial charge in [-0.25, -0.2) is 9.37 Å². The average molecular weight is 412 g/mol. The first kappa shape index (κ1) is 20.8. The van der Waals surface area contributed by atoms with Crippen LogP contribution in [0.5, 0.6) is 0 Å². The molecule has 1 aromatic heterocycles. The first-order valence-corrected chi connectivity index (χ1v) is 10.5. The number of benzene rings is 2. The number of halogens is 1. The smallest absolute Gasteiger partial charge is 0.257 e. The lowest BCUT2D eigenvalue weighted by Gasteiger charge is -2.15. The van der Waals surface area contributed by atoms with Crippen molar-refractivity contribution >= 4 is 23.4 Å². The summed E-state index contributed by atoms with van der Waals surface area (Å²) in [7, 11) is 0. The number of rotatable bonds is 6. The number of thioether (sulfide) groups is 1. The molecule has 1 heterocycles. The molecule has 0 aliphatic heterocycles. The number of hydrogen-bond acceptors (Lipinski definition) is 4. The third kappa shape index (κ3) is 4.74. The van der Waals surface area contributed by atoms with E-state index >= 15 is 0 Å². The van der Waals surface area contributed by atoms with E-state index in [0.717, 1.165) is 4.90 Å². The van der Waals surface area contributed by atoms with Gasteiger partial charge in [-0.05, 0) is 62.1 Å². The number of carbonyl (C=O) groups is 1. The van der Waals surface area contributed by atoms with Crippen LogP contribution in [0, 0.1) is 12.7 Å². The van der Waals surface area contributed by atoms with Gasteiger partial charge < -0.3 is 5.32 Å². The lowest BCUT2D eigenvalue weighted by Crippen LogP contribution is -2.32. The summed E-state index contributed by atoms with van der Waals surface area (Å²) in [5.74, 6) is -0.366. The van der Waals surface area contributed by atoms with Crippen molar-refractivity contribution in [2.75, 3.05) is 11.6 Å². The second kappa shape index (κ2) is 9.05. The maximum Gasteiger partial charge on any atom is 0.257 e. The fourth-order valence-electron chi connectivity index (χ4n) is 3.12. The summed E-state index contributed by atoms with van der Waals surface area (Å²) in [5.41, 5.74) is 2.15. The standard InChI is InChI=1S/C22H22FN3O2S/c1-4-19-14(2)24-21(15-8-10-16(23)11-9-15)26(22(19)28)13-20(27)25-17-6-5-7-18(12-17)29-3/h5-12H,4,13H2,1-3H3,(H,25,27). The van der Waals surface area contributed by atoms with Crippen molar-refractivity contribution in [2.24, 2.45) is 0 Å². The molecular formula is C22H22FN3O2S. The minimum Gasteiger partial charge on any atom is -0.324 e. The van der Waals surface area contributed by atoms with E-state index in [1.165, 1.54) is 16.7 Å². The molecule has 7 heteroatoms. The van der Waals surface area contributed by atoms with E-state index in [0.29, 0.717) is 34.8 Å². The van der Waals surface area contributed by atoms with E-state index in [1.54, 1.807) is 36.9 Å². The molecule has 0 unspecified atom stereocenters. The Bertz CT molecular complexity index is 1090. The SMILES string of the molecule is CCc1c(C)nc(-c2ccc(F)cc2)n(CC(=O)Nc2cccc(SC)c2)c1=O. The fourth-order valence-corrected chi connectivity index (χ4v) is 3.58. The van der Waals surface area contributed by atoms with Crippen molar-refractivity contribution in [2.45, 2.75) is 31.7 Å². The van der Waals surface area contributed by atoms with E-state index < -0.39 is 0 Å². The second-order valence-electron chi connectivity index (χ2n) is 6.53. The fraction of sp³-hybridized carbons (Fsp3) is 0.227. The van der Waals surface area contributed by atoms with Gasteiger partial charge in [0.1, 0.15) is 18.2 Å². The number of nitrogens with one attached hydrogen (secondary N) is 1. The van der Waals surface area contributed by atoms with Gasteiger partial charge in [0.15, 0.2) is 0 Å². The number of anilines is 1. The summed E-state index contributed by atoms with van der Waals surface area (Å²) < 4.78 is 14.7. The molecule has 0 spiro atoms. The highest BCUT2D eigenvalue weighted by Gasteiger charge is 2.17. The zero-order valence-corrected chi connectivity index (χ0v) is 17.3. The zero-order chi connectivity index (χ0) is 21.0. The second-order valence-corrected chi connectivity index (χ2v) is 7.41. The largest absolute Gasteiger partial charge is 0.324 e. The summed E-state index contributed by atoms with van der Waals surface area (Å²) in [6, 6.07) is 13.2. The van der Waals surface area contributed by atoms with Crippen LogP contribution in [0.2, 0.25) is 0 Å². The van der Waals surface area contributed by atoms with Crippen LogP contribution in [0.15, 0.2) is 58.2 Å². The highest BCUT2D eigenvalue weighted by molar-refractivity contribution is 7.98. The van der Waals surface area contributed by atoms with Gasteiger partial charge >= 0.3 is 0 Å². The van der Waals surface area contributed by atoms with E-state index in [4.69, 9.17) is 0 Å². The molecule has 0 atom stereocenters. The molecule has 0 aliphatic carbocycles. The highest BCUT2D eigenvalue weighted by atomic mass is 32.2. The van der Waals surface area contributed by atoms with Crippen LogP contribution in [0.3, 0.4) is 0 Å². The van der Waals surface area contributed by atoms with Crippen LogP contribution in [0.4, 0.5) is 10.1 Å². The number of carbonyl (C=O) groups excluding carboxylic acids is 1. The van der Waals surface area contributed by atoms with Gasteiger partial charge in [-0.2, -0.15) is 0 Å². The molecule has 1 N–H and O–H groups in total. The van der Waals surface area contributed by atoms with Crippen LogP contribution in [0.25, 0.3) is 11.4 Å². The Hall–Kier alpha value is -2.93. The van der Waals surface area contributed by atoms with Crippen molar-refractivity contribution in [3.63, 3.8) is 0 Å². The molecule has 0 fully saturated rings. The molecule has 0 saturated carbocycles. The van der Waals surface area contributed by atoms with E-state index in [1.807, 2.05) is 31.4 Å². The molecule has 0 radical (unpaired) electrons. The number of nitrogens with zero attached hydrogens (tertiary/aromatic N) is 2. The molecule has 150 valence electrons. The number of hydrogen-bond donors (Lipinski definition) is 1. The molecule has 0 saturated heterocycles. The van der Waals surface area contributed by atoms with Crippen molar-refractivity contribution in [1.29, 1.82) is 0 Å². The topological polar surface area (TPSA) is 64.0 Å². The third-order valence-corrected chi connectivity index (χ3v) is 5.31. The lowest BCUT2D eigenvalue weighted by atomic mass is 10.1. The van der Waals surface area contributed by atoms with Crippen LogP contribution in [0.1, 0.15) is 18.2 Å². The van der Waals surface area contributed by atoms with Crippen LogP contribution >= 0.6 is 11.8 Å². The minimum atomic E-state index is -0.379. The van der Waals surface area contributed by atoms with E-state index in [9.17, 15) is 14.0 Å². The van der Waals surface area contributed by atoms with E-state index in [-0.39, 0.29) is 23.8 Å². The minimum absolute atomic E-state index is 0.185. The Labute approximate surface area is 173 Å². The van der Waals surface area contributed by atoms with Crippen molar-refractivity contribution in [1.82, 2.24) is 9.55 Å². The molecule has 0 bridgehead atoms. The zero-order valence-electron chi connectivity index (χ0n) is 16.5. The van der Waals surface area contributed by atoms with Gasteiger partial charge in [-0.1, -0.05) is 13.0 Å². The molecule has 5 nitrogen and oxygen atoms in total. The Kier molecular flexibility index (Phi) is 6.49. The predicted octanol–water partition coefficient (Wildman–Crippen LogP) is 4.28. The van der Waals surface area contributed by atoms with Crippen LogP contribution < -0.4 is 10.9 Å². The van der Waals surface area contributed by atoms with Crippen molar-refractivity contribution in [3.05, 3.63) is 76.0 Å². The Morgan fingerprint density at radius 2 is 1.93 bits per heavy atom. The molecule has 0 aliphatic rings. The number of aryl methyl sites for hydroxylation is 1. The Morgan fingerprint density at radius 3 is 2.59 bits per heavy atom. The predicted molar refractivity (Wildman–Crippen MR) is 115 cm³/mol. The molecule has 29 heavy (non-hydrogen) atoms.